The lowest BCUT2D eigenvalue weighted by Gasteiger charge is -2.11. The number of aromatic nitrogens is 2. The highest BCUT2D eigenvalue weighted by atomic mass is 35.5. The Labute approximate surface area is 146 Å². The molecule has 0 spiro atoms. The van der Waals surface area contributed by atoms with Gasteiger partial charge in [0.05, 0.1) is 17.6 Å². The van der Waals surface area contributed by atoms with Crippen molar-refractivity contribution < 1.29 is 0 Å². The van der Waals surface area contributed by atoms with Gasteiger partial charge in [-0.05, 0) is 18.2 Å². The van der Waals surface area contributed by atoms with Gasteiger partial charge in [0.2, 0.25) is 0 Å². The molecule has 0 saturated carbocycles. The summed E-state index contributed by atoms with van der Waals surface area (Å²) in [6.07, 6.45) is 1.89. The Balaban J connectivity index is 2.00. The Bertz CT molecular complexity index is 960. The molecule has 116 valence electrons. The molecule has 0 atom stereocenters. The molecule has 4 aromatic rings. The van der Waals surface area contributed by atoms with Gasteiger partial charge in [0.15, 0.2) is 0 Å². The van der Waals surface area contributed by atoms with E-state index in [1.165, 1.54) is 0 Å². The Morgan fingerprint density at radius 1 is 0.667 bits per heavy atom. The fourth-order valence-corrected chi connectivity index (χ4v) is 3.10. The molecule has 1 heterocycles. The summed E-state index contributed by atoms with van der Waals surface area (Å²) in [5.41, 5.74) is 5.18. The van der Waals surface area contributed by atoms with Gasteiger partial charge in [-0.15, -0.1) is 0 Å². The Hall–Kier alpha value is -2.84. The van der Waals surface area contributed by atoms with E-state index >= 15 is 0 Å². The van der Waals surface area contributed by atoms with E-state index in [2.05, 4.69) is 29.4 Å². The third-order valence-corrected chi connectivity index (χ3v) is 4.31. The minimum absolute atomic E-state index is 0.724. The largest absolute Gasteiger partial charge is 0.232 e. The van der Waals surface area contributed by atoms with Crippen LogP contribution in [0.2, 0.25) is 5.02 Å². The molecule has 0 N–H and O–H groups in total. The summed E-state index contributed by atoms with van der Waals surface area (Å²) < 4.78 is 1.97. The van der Waals surface area contributed by atoms with E-state index in [-0.39, 0.29) is 0 Å². The van der Waals surface area contributed by atoms with Crippen LogP contribution in [0.15, 0.2) is 91.1 Å². The van der Waals surface area contributed by atoms with Gasteiger partial charge in [-0.25, -0.2) is 4.68 Å². The highest BCUT2D eigenvalue weighted by molar-refractivity contribution is 6.33. The molecule has 4 rings (SSSR count). The molecule has 0 amide bonds. The average molecular weight is 331 g/mol. The number of rotatable bonds is 3. The highest BCUT2D eigenvalue weighted by Gasteiger charge is 2.17. The van der Waals surface area contributed by atoms with E-state index < -0.39 is 0 Å². The van der Waals surface area contributed by atoms with E-state index in [4.69, 9.17) is 11.6 Å². The van der Waals surface area contributed by atoms with Crippen molar-refractivity contribution in [2.45, 2.75) is 0 Å². The summed E-state index contributed by atoms with van der Waals surface area (Å²) in [6, 6.07) is 28.3. The molecule has 0 aliphatic rings. The van der Waals surface area contributed by atoms with Crippen LogP contribution in [0.5, 0.6) is 0 Å². The van der Waals surface area contributed by atoms with Crippen LogP contribution >= 0.6 is 11.6 Å². The average Bonchev–Trinajstić information content (AvgIpc) is 3.08. The van der Waals surface area contributed by atoms with Gasteiger partial charge in [-0.3, -0.25) is 0 Å². The predicted octanol–water partition coefficient (Wildman–Crippen LogP) is 5.86. The molecule has 0 bridgehead atoms. The highest BCUT2D eigenvalue weighted by Crippen LogP contribution is 2.36. The molecule has 0 aliphatic carbocycles. The number of halogens is 1. The van der Waals surface area contributed by atoms with Crippen LogP contribution < -0.4 is 0 Å². The fourth-order valence-electron chi connectivity index (χ4n) is 2.86. The number of hydrogen-bond donors (Lipinski definition) is 0. The van der Waals surface area contributed by atoms with Gasteiger partial charge >= 0.3 is 0 Å². The van der Waals surface area contributed by atoms with Crippen LogP contribution in [-0.2, 0) is 0 Å². The number of para-hydroxylation sites is 1. The second-order valence-electron chi connectivity index (χ2n) is 5.50. The molecular formula is C21H15ClN2. The number of nitrogens with zero attached hydrogens (tertiary/aromatic N) is 2. The van der Waals surface area contributed by atoms with Crippen LogP contribution in [0.3, 0.4) is 0 Å². The monoisotopic (exact) mass is 330 g/mol. The lowest BCUT2D eigenvalue weighted by Crippen LogP contribution is -1.99. The van der Waals surface area contributed by atoms with E-state index in [0.29, 0.717) is 0 Å². The van der Waals surface area contributed by atoms with Crippen molar-refractivity contribution >= 4 is 11.6 Å². The van der Waals surface area contributed by atoms with Crippen molar-refractivity contribution in [1.29, 1.82) is 0 Å². The van der Waals surface area contributed by atoms with Crippen LogP contribution in [-0.4, -0.2) is 9.78 Å². The molecule has 0 saturated heterocycles. The molecular weight excluding hydrogens is 316 g/mol. The molecule has 0 aliphatic heterocycles. The van der Waals surface area contributed by atoms with Gasteiger partial charge in [0.1, 0.15) is 0 Å². The number of hydrogen-bond acceptors (Lipinski definition) is 1. The second-order valence-corrected chi connectivity index (χ2v) is 5.91. The third kappa shape index (κ3) is 2.61. The summed E-state index contributed by atoms with van der Waals surface area (Å²) in [5.74, 6) is 0. The summed E-state index contributed by atoms with van der Waals surface area (Å²) in [7, 11) is 0. The van der Waals surface area contributed by atoms with Gasteiger partial charge in [0.25, 0.3) is 0 Å². The lowest BCUT2D eigenvalue weighted by molar-refractivity contribution is 0.888. The molecule has 2 nitrogen and oxygen atoms in total. The van der Waals surface area contributed by atoms with E-state index in [9.17, 15) is 0 Å². The van der Waals surface area contributed by atoms with Gasteiger partial charge in [-0.2, -0.15) is 5.10 Å². The summed E-state index contributed by atoms with van der Waals surface area (Å²) in [6.45, 7) is 0. The minimum Gasteiger partial charge on any atom is -0.232 e. The molecule has 0 radical (unpaired) electrons. The molecule has 24 heavy (non-hydrogen) atoms. The smallest absolute Gasteiger partial charge is 0.0819 e. The molecule has 0 unspecified atom stereocenters. The second kappa shape index (κ2) is 6.34. The van der Waals surface area contributed by atoms with E-state index in [0.717, 1.165) is 33.1 Å². The van der Waals surface area contributed by atoms with Crippen molar-refractivity contribution in [2.75, 3.05) is 0 Å². The number of benzene rings is 3. The lowest BCUT2D eigenvalue weighted by atomic mass is 10.0. The zero-order valence-corrected chi connectivity index (χ0v) is 13.7. The zero-order chi connectivity index (χ0) is 16.4. The molecule has 0 fully saturated rings. The minimum atomic E-state index is 0.724. The fraction of sp³-hybridized carbons (Fsp3) is 0. The van der Waals surface area contributed by atoms with E-state index in [1.807, 2.05) is 71.5 Å². The summed E-state index contributed by atoms with van der Waals surface area (Å²) in [5, 5.41) is 5.36. The summed E-state index contributed by atoms with van der Waals surface area (Å²) in [4.78, 5) is 0. The Morgan fingerprint density at radius 3 is 2.00 bits per heavy atom. The van der Waals surface area contributed by atoms with Gasteiger partial charge < -0.3 is 0 Å². The van der Waals surface area contributed by atoms with Crippen LogP contribution in [0.4, 0.5) is 0 Å². The van der Waals surface area contributed by atoms with Crippen LogP contribution in [0.25, 0.3) is 28.1 Å². The van der Waals surface area contributed by atoms with Gasteiger partial charge in [0, 0.05) is 21.7 Å². The first-order valence-corrected chi connectivity index (χ1v) is 8.16. The maximum Gasteiger partial charge on any atom is 0.0819 e. The quantitative estimate of drug-likeness (QED) is 0.460. The van der Waals surface area contributed by atoms with Crippen molar-refractivity contribution in [3.05, 3.63) is 96.1 Å². The van der Waals surface area contributed by atoms with E-state index in [1.54, 1.807) is 0 Å². The van der Waals surface area contributed by atoms with Crippen LogP contribution in [0, 0.1) is 0 Å². The first-order chi connectivity index (χ1) is 11.8. The normalized spacial score (nSPS) is 10.7. The Kier molecular flexibility index (Phi) is 3.89. The molecule has 3 heteroatoms. The third-order valence-electron chi connectivity index (χ3n) is 3.98. The topological polar surface area (TPSA) is 17.8 Å². The Morgan fingerprint density at radius 2 is 1.29 bits per heavy atom. The first-order valence-electron chi connectivity index (χ1n) is 7.78. The van der Waals surface area contributed by atoms with Crippen molar-refractivity contribution in [3.8, 4) is 28.1 Å². The SMILES string of the molecule is Clc1ccccc1-c1cnn(-c2ccccc2)c1-c1ccccc1. The van der Waals surface area contributed by atoms with Crippen molar-refractivity contribution in [3.63, 3.8) is 0 Å². The molecule has 3 aromatic carbocycles. The van der Waals surface area contributed by atoms with Crippen molar-refractivity contribution in [1.82, 2.24) is 9.78 Å². The standard InChI is InChI=1S/C21H15ClN2/c22-20-14-8-7-13-18(20)19-15-23-24(17-11-5-2-6-12-17)21(19)16-9-3-1-4-10-16/h1-15H. The zero-order valence-electron chi connectivity index (χ0n) is 12.9. The maximum atomic E-state index is 6.44. The van der Waals surface area contributed by atoms with Gasteiger partial charge in [-0.1, -0.05) is 78.3 Å². The molecule has 1 aromatic heterocycles. The van der Waals surface area contributed by atoms with Crippen molar-refractivity contribution in [2.24, 2.45) is 0 Å². The predicted molar refractivity (Wildman–Crippen MR) is 99.4 cm³/mol. The summed E-state index contributed by atoms with van der Waals surface area (Å²) >= 11 is 6.44. The van der Waals surface area contributed by atoms with Crippen LogP contribution in [0.1, 0.15) is 0 Å². The maximum absolute atomic E-state index is 6.44. The first kappa shape index (κ1) is 14.7.